The van der Waals surface area contributed by atoms with Gasteiger partial charge in [0.1, 0.15) is 0 Å². The van der Waals surface area contributed by atoms with E-state index in [2.05, 4.69) is 49.8 Å². The molecule has 0 saturated heterocycles. The van der Waals surface area contributed by atoms with Crippen LogP contribution in [0.15, 0.2) is 24.4 Å². The Morgan fingerprint density at radius 2 is 1.80 bits per heavy atom. The lowest BCUT2D eigenvalue weighted by Gasteiger charge is -2.17. The van der Waals surface area contributed by atoms with Gasteiger partial charge in [0.05, 0.1) is 16.7 Å². The number of aromatic nitrogens is 2. The zero-order valence-corrected chi connectivity index (χ0v) is 9.70. The SMILES string of the molecule is Cc1ccc2ncc(C(C)(C)C)nc2c1. The van der Waals surface area contributed by atoms with Crippen molar-refractivity contribution in [3.8, 4) is 0 Å². The van der Waals surface area contributed by atoms with E-state index in [9.17, 15) is 0 Å². The lowest BCUT2D eigenvalue weighted by molar-refractivity contribution is 0.568. The standard InChI is InChI=1S/C13H16N2/c1-9-5-6-10-11(7-9)15-12(8-14-10)13(2,3)4/h5-8H,1-4H3. The number of fused-ring (bicyclic) bond motifs is 1. The van der Waals surface area contributed by atoms with E-state index in [4.69, 9.17) is 0 Å². The second kappa shape index (κ2) is 3.30. The summed E-state index contributed by atoms with van der Waals surface area (Å²) in [6, 6.07) is 6.16. The van der Waals surface area contributed by atoms with Crippen LogP contribution in [0.2, 0.25) is 0 Å². The minimum absolute atomic E-state index is 0.0605. The van der Waals surface area contributed by atoms with E-state index >= 15 is 0 Å². The first kappa shape index (κ1) is 10.1. The van der Waals surface area contributed by atoms with Crippen LogP contribution in [0.5, 0.6) is 0 Å². The summed E-state index contributed by atoms with van der Waals surface area (Å²) >= 11 is 0. The summed E-state index contributed by atoms with van der Waals surface area (Å²) in [4.78, 5) is 9.07. The molecule has 0 atom stereocenters. The van der Waals surface area contributed by atoms with Crippen molar-refractivity contribution in [3.63, 3.8) is 0 Å². The van der Waals surface area contributed by atoms with E-state index in [1.807, 2.05) is 12.3 Å². The largest absolute Gasteiger partial charge is 0.253 e. The van der Waals surface area contributed by atoms with Crippen LogP contribution >= 0.6 is 0 Å². The normalized spacial score (nSPS) is 12.0. The average Bonchev–Trinajstić information content (AvgIpc) is 2.15. The summed E-state index contributed by atoms with van der Waals surface area (Å²) < 4.78 is 0. The van der Waals surface area contributed by atoms with Gasteiger partial charge in [0.15, 0.2) is 0 Å². The minimum atomic E-state index is 0.0605. The van der Waals surface area contributed by atoms with Gasteiger partial charge in [-0.15, -0.1) is 0 Å². The zero-order valence-electron chi connectivity index (χ0n) is 9.70. The lowest BCUT2D eigenvalue weighted by Crippen LogP contribution is -2.13. The Kier molecular flexibility index (Phi) is 2.22. The van der Waals surface area contributed by atoms with E-state index < -0.39 is 0 Å². The molecule has 0 aliphatic rings. The summed E-state index contributed by atoms with van der Waals surface area (Å²) in [5.74, 6) is 0. The third kappa shape index (κ3) is 1.99. The molecule has 2 nitrogen and oxygen atoms in total. The van der Waals surface area contributed by atoms with E-state index in [0.717, 1.165) is 16.7 Å². The maximum absolute atomic E-state index is 4.64. The van der Waals surface area contributed by atoms with E-state index in [1.165, 1.54) is 5.56 Å². The van der Waals surface area contributed by atoms with Gasteiger partial charge in [0, 0.05) is 11.6 Å². The van der Waals surface area contributed by atoms with Crippen molar-refractivity contribution in [3.05, 3.63) is 35.7 Å². The third-order valence-electron chi connectivity index (χ3n) is 2.47. The summed E-state index contributed by atoms with van der Waals surface area (Å²) in [6.45, 7) is 8.53. The molecule has 0 amide bonds. The molecule has 2 heteroatoms. The zero-order chi connectivity index (χ0) is 11.1. The molecule has 1 aromatic carbocycles. The summed E-state index contributed by atoms with van der Waals surface area (Å²) in [7, 11) is 0. The summed E-state index contributed by atoms with van der Waals surface area (Å²) in [5, 5.41) is 0. The second-order valence-electron chi connectivity index (χ2n) is 5.00. The van der Waals surface area contributed by atoms with Gasteiger partial charge >= 0.3 is 0 Å². The molecule has 2 rings (SSSR count). The molecule has 0 radical (unpaired) electrons. The molecular formula is C13H16N2. The number of rotatable bonds is 0. The van der Waals surface area contributed by atoms with Crippen LogP contribution in [0, 0.1) is 6.92 Å². The molecule has 1 aromatic heterocycles. The summed E-state index contributed by atoms with van der Waals surface area (Å²) in [5.41, 5.74) is 4.28. The Balaban J connectivity index is 2.64. The van der Waals surface area contributed by atoms with Crippen molar-refractivity contribution in [1.82, 2.24) is 9.97 Å². The van der Waals surface area contributed by atoms with Crippen molar-refractivity contribution >= 4 is 11.0 Å². The van der Waals surface area contributed by atoms with E-state index in [-0.39, 0.29) is 5.41 Å². The minimum Gasteiger partial charge on any atom is -0.253 e. The Hall–Kier alpha value is -1.44. The molecule has 0 spiro atoms. The lowest BCUT2D eigenvalue weighted by atomic mass is 9.92. The first-order chi connectivity index (χ1) is 6.97. The third-order valence-corrected chi connectivity index (χ3v) is 2.47. The monoisotopic (exact) mass is 200 g/mol. The van der Waals surface area contributed by atoms with Crippen molar-refractivity contribution in [2.45, 2.75) is 33.1 Å². The van der Waals surface area contributed by atoms with Gasteiger partial charge in [0.25, 0.3) is 0 Å². The number of nitrogens with zero attached hydrogens (tertiary/aromatic N) is 2. The van der Waals surface area contributed by atoms with Crippen LogP contribution < -0.4 is 0 Å². The molecule has 0 fully saturated rings. The molecule has 0 saturated carbocycles. The fourth-order valence-corrected chi connectivity index (χ4v) is 1.48. The summed E-state index contributed by atoms with van der Waals surface area (Å²) in [6.07, 6.45) is 1.87. The molecule has 0 unspecified atom stereocenters. The number of aryl methyl sites for hydroxylation is 1. The quantitative estimate of drug-likeness (QED) is 0.652. The Morgan fingerprint density at radius 1 is 1.07 bits per heavy atom. The van der Waals surface area contributed by atoms with Gasteiger partial charge in [-0.1, -0.05) is 26.8 Å². The fraction of sp³-hybridized carbons (Fsp3) is 0.385. The van der Waals surface area contributed by atoms with Crippen molar-refractivity contribution < 1.29 is 0 Å². The van der Waals surface area contributed by atoms with Crippen molar-refractivity contribution in [2.24, 2.45) is 0 Å². The first-order valence-corrected chi connectivity index (χ1v) is 5.21. The van der Waals surface area contributed by atoms with Gasteiger partial charge in [0.2, 0.25) is 0 Å². The molecule has 2 aromatic rings. The maximum Gasteiger partial charge on any atom is 0.0893 e. The fourth-order valence-electron chi connectivity index (χ4n) is 1.48. The smallest absolute Gasteiger partial charge is 0.0893 e. The van der Waals surface area contributed by atoms with Gasteiger partial charge in [-0.2, -0.15) is 0 Å². The highest BCUT2D eigenvalue weighted by molar-refractivity contribution is 5.74. The Morgan fingerprint density at radius 3 is 2.47 bits per heavy atom. The van der Waals surface area contributed by atoms with Crippen LogP contribution in [0.1, 0.15) is 32.0 Å². The Labute approximate surface area is 90.4 Å². The number of hydrogen-bond acceptors (Lipinski definition) is 2. The van der Waals surface area contributed by atoms with Crippen molar-refractivity contribution in [1.29, 1.82) is 0 Å². The van der Waals surface area contributed by atoms with Crippen LogP contribution in [-0.4, -0.2) is 9.97 Å². The Bertz CT molecular complexity index is 495. The van der Waals surface area contributed by atoms with Gasteiger partial charge < -0.3 is 0 Å². The molecule has 0 bridgehead atoms. The van der Waals surface area contributed by atoms with Gasteiger partial charge in [-0.25, -0.2) is 4.98 Å². The van der Waals surface area contributed by atoms with Crippen LogP contribution in [-0.2, 0) is 5.41 Å². The predicted octanol–water partition coefficient (Wildman–Crippen LogP) is 3.24. The van der Waals surface area contributed by atoms with Gasteiger partial charge in [-0.3, -0.25) is 4.98 Å². The molecule has 0 aliphatic heterocycles. The molecule has 0 N–H and O–H groups in total. The van der Waals surface area contributed by atoms with Crippen molar-refractivity contribution in [2.75, 3.05) is 0 Å². The average molecular weight is 200 g/mol. The first-order valence-electron chi connectivity index (χ1n) is 5.21. The topological polar surface area (TPSA) is 25.8 Å². The highest BCUT2D eigenvalue weighted by atomic mass is 14.8. The number of benzene rings is 1. The van der Waals surface area contributed by atoms with E-state index in [1.54, 1.807) is 0 Å². The number of hydrogen-bond donors (Lipinski definition) is 0. The molecule has 78 valence electrons. The molecule has 0 aliphatic carbocycles. The molecule has 1 heterocycles. The van der Waals surface area contributed by atoms with Gasteiger partial charge in [-0.05, 0) is 24.6 Å². The van der Waals surface area contributed by atoms with Crippen LogP contribution in [0.25, 0.3) is 11.0 Å². The predicted molar refractivity (Wildman–Crippen MR) is 63.0 cm³/mol. The van der Waals surface area contributed by atoms with Crippen LogP contribution in [0.3, 0.4) is 0 Å². The molecular weight excluding hydrogens is 184 g/mol. The van der Waals surface area contributed by atoms with E-state index in [0.29, 0.717) is 0 Å². The maximum atomic E-state index is 4.64. The van der Waals surface area contributed by atoms with Crippen LogP contribution in [0.4, 0.5) is 0 Å². The highest BCUT2D eigenvalue weighted by Gasteiger charge is 2.16. The molecule has 15 heavy (non-hydrogen) atoms. The second-order valence-corrected chi connectivity index (χ2v) is 5.00. The highest BCUT2D eigenvalue weighted by Crippen LogP contribution is 2.21.